The minimum atomic E-state index is -1.78. The van der Waals surface area contributed by atoms with Crippen molar-refractivity contribution >= 4 is 11.9 Å². The molecular weight excluding hydrogens is 222 g/mol. The Morgan fingerprint density at radius 1 is 1.41 bits per heavy atom. The van der Waals surface area contributed by atoms with Gasteiger partial charge in [0.05, 0.1) is 0 Å². The molecule has 90 valence electrons. The summed E-state index contributed by atoms with van der Waals surface area (Å²) in [5.74, 6) is 0.636. The number of carboxylic acids is 1. The van der Waals surface area contributed by atoms with Crippen molar-refractivity contribution in [1.29, 1.82) is 0 Å². The number of carbonyl (C=O) groups is 1. The molecule has 2 N–H and O–H groups in total. The van der Waals surface area contributed by atoms with Gasteiger partial charge in [-0.25, -0.2) is 9.59 Å². The molecule has 5 heteroatoms. The Morgan fingerprint density at radius 2 is 2.00 bits per heavy atom. The van der Waals surface area contributed by atoms with E-state index in [0.29, 0.717) is 5.75 Å². The van der Waals surface area contributed by atoms with E-state index in [4.69, 9.17) is 9.84 Å². The Morgan fingerprint density at radius 3 is 2.41 bits per heavy atom. The maximum Gasteiger partial charge on any atom is 0.354 e. The highest BCUT2D eigenvalue weighted by Gasteiger charge is 2.41. The van der Waals surface area contributed by atoms with E-state index in [1.165, 1.54) is 14.0 Å². The Hall–Kier alpha value is -2.26. The number of ether oxygens (including phenoxy) is 1. The molecule has 0 amide bonds. The fraction of sp³-hybridized carbons (Fsp3) is 0.250. The minimum Gasteiger partial charge on any atom is -0.478 e. The van der Waals surface area contributed by atoms with Crippen LogP contribution in [-0.2, 0) is 9.59 Å². The number of para-hydroxylation sites is 1. The van der Waals surface area contributed by atoms with Gasteiger partial charge in [-0.05, 0) is 19.1 Å². The molecule has 0 bridgehead atoms. The monoisotopic (exact) mass is 235 g/mol. The lowest BCUT2D eigenvalue weighted by atomic mass is 10.0. The average Bonchev–Trinajstić information content (AvgIpc) is 2.31. The molecule has 1 aromatic carbocycles. The van der Waals surface area contributed by atoms with Crippen LogP contribution in [0.2, 0.25) is 0 Å². The molecule has 1 unspecified atom stereocenters. The Kier molecular flexibility index (Phi) is 3.91. The summed E-state index contributed by atoms with van der Waals surface area (Å²) in [6.45, 7) is 1.29. The number of rotatable bonds is 5. The fourth-order valence-electron chi connectivity index (χ4n) is 1.31. The number of carbonyl (C=O) groups excluding carboxylic acids is 1. The van der Waals surface area contributed by atoms with Gasteiger partial charge in [0.1, 0.15) is 5.75 Å². The number of hydrogen-bond acceptors (Lipinski definition) is 4. The van der Waals surface area contributed by atoms with Crippen LogP contribution < -0.4 is 10.1 Å². The number of nitrogens with one attached hydrogen (secondary N) is 1. The lowest BCUT2D eigenvalue weighted by Crippen LogP contribution is -2.47. The summed E-state index contributed by atoms with van der Waals surface area (Å²) in [6, 6.07) is 8.42. The quantitative estimate of drug-likeness (QED) is 0.740. The van der Waals surface area contributed by atoms with E-state index in [1.54, 1.807) is 36.3 Å². The van der Waals surface area contributed by atoms with Crippen LogP contribution in [-0.4, -0.2) is 29.7 Å². The van der Waals surface area contributed by atoms with Gasteiger partial charge in [-0.3, -0.25) is 0 Å². The summed E-state index contributed by atoms with van der Waals surface area (Å²) < 4.78 is 5.35. The van der Waals surface area contributed by atoms with Crippen molar-refractivity contribution in [2.24, 2.45) is 0 Å². The second kappa shape index (κ2) is 5.18. The summed E-state index contributed by atoms with van der Waals surface area (Å²) in [7, 11) is 1.44. The molecule has 1 atom stereocenters. The first kappa shape index (κ1) is 12.8. The summed E-state index contributed by atoms with van der Waals surface area (Å²) in [5.41, 5.74) is -1.95. The van der Waals surface area contributed by atoms with Crippen LogP contribution in [0.5, 0.6) is 5.75 Å². The molecule has 1 aromatic rings. The topological polar surface area (TPSA) is 75.6 Å². The highest BCUT2D eigenvalue weighted by atomic mass is 16.5. The van der Waals surface area contributed by atoms with Crippen molar-refractivity contribution in [2.45, 2.75) is 12.5 Å². The number of likely N-dealkylation sites (N-methyl/N-ethyl adjacent to an activating group) is 1. The van der Waals surface area contributed by atoms with E-state index in [0.717, 1.165) is 0 Å². The van der Waals surface area contributed by atoms with Crippen molar-refractivity contribution in [3.63, 3.8) is 0 Å². The van der Waals surface area contributed by atoms with Crippen LogP contribution >= 0.6 is 0 Å². The van der Waals surface area contributed by atoms with Gasteiger partial charge in [0.15, 0.2) is 11.6 Å². The molecule has 0 spiro atoms. The zero-order valence-corrected chi connectivity index (χ0v) is 9.56. The van der Waals surface area contributed by atoms with Crippen molar-refractivity contribution in [2.75, 3.05) is 7.05 Å². The largest absolute Gasteiger partial charge is 0.478 e. The van der Waals surface area contributed by atoms with Crippen LogP contribution in [0.15, 0.2) is 36.0 Å². The smallest absolute Gasteiger partial charge is 0.354 e. The molecule has 0 aliphatic carbocycles. The van der Waals surface area contributed by atoms with Crippen molar-refractivity contribution in [3.8, 4) is 5.75 Å². The highest BCUT2D eigenvalue weighted by molar-refractivity contribution is 5.85. The molecule has 0 radical (unpaired) electrons. The SMILES string of the molecule is CNC(=C=O)C(C)(Oc1ccccc1)C(=O)O. The summed E-state index contributed by atoms with van der Waals surface area (Å²) in [4.78, 5) is 21.9. The normalized spacial score (nSPS) is 13.1. The van der Waals surface area contributed by atoms with Crippen LogP contribution in [0.3, 0.4) is 0 Å². The first-order valence-electron chi connectivity index (χ1n) is 4.95. The maximum atomic E-state index is 11.2. The first-order valence-corrected chi connectivity index (χ1v) is 4.95. The van der Waals surface area contributed by atoms with Gasteiger partial charge in [-0.2, -0.15) is 0 Å². The van der Waals surface area contributed by atoms with Crippen molar-refractivity contribution < 1.29 is 19.4 Å². The Bertz CT molecular complexity index is 451. The molecule has 0 heterocycles. The third kappa shape index (κ3) is 2.65. The van der Waals surface area contributed by atoms with Gasteiger partial charge in [-0.15, -0.1) is 0 Å². The van der Waals surface area contributed by atoms with E-state index in [1.807, 2.05) is 0 Å². The molecular formula is C12H13NO4. The van der Waals surface area contributed by atoms with Gasteiger partial charge < -0.3 is 15.2 Å². The Labute approximate surface area is 98.7 Å². The zero-order chi connectivity index (χ0) is 12.9. The van der Waals surface area contributed by atoms with E-state index in [-0.39, 0.29) is 5.70 Å². The van der Waals surface area contributed by atoms with Crippen molar-refractivity contribution in [1.82, 2.24) is 5.32 Å². The van der Waals surface area contributed by atoms with Crippen molar-refractivity contribution in [3.05, 3.63) is 36.0 Å². The zero-order valence-electron chi connectivity index (χ0n) is 9.56. The van der Waals surface area contributed by atoms with Crippen LogP contribution in [0.25, 0.3) is 0 Å². The second-order valence-corrected chi connectivity index (χ2v) is 3.48. The predicted molar refractivity (Wildman–Crippen MR) is 61.4 cm³/mol. The minimum absolute atomic E-state index is 0.172. The molecule has 0 fully saturated rings. The molecule has 5 nitrogen and oxygen atoms in total. The highest BCUT2D eigenvalue weighted by Crippen LogP contribution is 2.22. The molecule has 0 aromatic heterocycles. The maximum absolute atomic E-state index is 11.2. The fourth-order valence-corrected chi connectivity index (χ4v) is 1.31. The molecule has 0 saturated carbocycles. The van der Waals surface area contributed by atoms with Gasteiger partial charge in [-0.1, -0.05) is 18.2 Å². The van der Waals surface area contributed by atoms with Gasteiger partial charge >= 0.3 is 5.97 Å². The van der Waals surface area contributed by atoms with E-state index >= 15 is 0 Å². The van der Waals surface area contributed by atoms with Crippen LogP contribution in [0, 0.1) is 0 Å². The van der Waals surface area contributed by atoms with Gasteiger partial charge in [0.2, 0.25) is 0 Å². The van der Waals surface area contributed by atoms with E-state index in [2.05, 4.69) is 5.32 Å². The number of carboxylic acid groups (broad SMARTS) is 1. The standard InChI is InChI=1S/C12H13NO4/c1-12(11(15)16,10(8-14)13-2)17-9-6-4-3-5-7-9/h3-7,13H,1-2H3,(H,15,16). The molecule has 0 aliphatic rings. The molecule has 0 aliphatic heterocycles. The third-order valence-electron chi connectivity index (χ3n) is 2.30. The molecule has 17 heavy (non-hydrogen) atoms. The third-order valence-corrected chi connectivity index (χ3v) is 2.30. The summed E-state index contributed by atoms with van der Waals surface area (Å²) in [5, 5.41) is 11.6. The number of hydrogen-bond donors (Lipinski definition) is 2. The van der Waals surface area contributed by atoms with E-state index in [9.17, 15) is 9.59 Å². The van der Waals surface area contributed by atoms with Crippen LogP contribution in [0.1, 0.15) is 6.92 Å². The number of benzene rings is 1. The summed E-state index contributed by atoms with van der Waals surface area (Å²) >= 11 is 0. The average molecular weight is 235 g/mol. The summed E-state index contributed by atoms with van der Waals surface area (Å²) in [6.07, 6.45) is 0. The van der Waals surface area contributed by atoms with Crippen LogP contribution in [0.4, 0.5) is 0 Å². The lowest BCUT2D eigenvalue weighted by molar-refractivity contribution is -0.150. The lowest BCUT2D eigenvalue weighted by Gasteiger charge is -2.26. The van der Waals surface area contributed by atoms with Gasteiger partial charge in [0.25, 0.3) is 5.60 Å². The Balaban J connectivity index is 3.10. The number of aliphatic carboxylic acids is 1. The molecule has 1 rings (SSSR count). The predicted octanol–water partition coefficient (Wildman–Crippen LogP) is 0.844. The second-order valence-electron chi connectivity index (χ2n) is 3.48. The molecule has 0 saturated heterocycles. The van der Waals surface area contributed by atoms with E-state index < -0.39 is 11.6 Å². The van der Waals surface area contributed by atoms with Gasteiger partial charge in [0, 0.05) is 7.05 Å². The first-order chi connectivity index (χ1) is 8.04.